The van der Waals surface area contributed by atoms with E-state index < -0.39 is 10.0 Å². The van der Waals surface area contributed by atoms with E-state index in [1.54, 1.807) is 17.0 Å². The lowest BCUT2D eigenvalue weighted by Crippen LogP contribution is -2.40. The number of aryl methyl sites for hydroxylation is 1. The first-order valence-corrected chi connectivity index (χ1v) is 9.99. The molecule has 0 spiro atoms. The molecule has 1 fully saturated rings. The van der Waals surface area contributed by atoms with Gasteiger partial charge in [0.25, 0.3) is 15.9 Å². The number of morpholine rings is 1. The van der Waals surface area contributed by atoms with Crippen LogP contribution >= 0.6 is 11.6 Å². The average molecular weight is 395 g/mol. The maximum atomic E-state index is 12.7. The number of hydrogen-bond acceptors (Lipinski definition) is 4. The van der Waals surface area contributed by atoms with Gasteiger partial charge in [-0.2, -0.15) is 0 Å². The van der Waals surface area contributed by atoms with Gasteiger partial charge in [-0.3, -0.25) is 9.52 Å². The number of amides is 1. The molecule has 1 N–H and O–H groups in total. The summed E-state index contributed by atoms with van der Waals surface area (Å²) < 4.78 is 32.8. The summed E-state index contributed by atoms with van der Waals surface area (Å²) >= 11 is 6.16. The molecule has 0 unspecified atom stereocenters. The highest BCUT2D eigenvalue weighted by molar-refractivity contribution is 7.92. The second-order valence-corrected chi connectivity index (χ2v) is 8.11. The molecule has 2 aromatic rings. The molecule has 3 rings (SSSR count). The fraction of sp³-hybridized carbons (Fsp3) is 0.278. The normalized spacial score (nSPS) is 14.9. The van der Waals surface area contributed by atoms with Crippen molar-refractivity contribution in [2.24, 2.45) is 0 Å². The number of ether oxygens (including phenoxy) is 1. The van der Waals surface area contributed by atoms with Crippen molar-refractivity contribution in [2.75, 3.05) is 31.0 Å². The molecule has 1 amide bonds. The number of hydrogen-bond donors (Lipinski definition) is 1. The fourth-order valence-corrected chi connectivity index (χ4v) is 3.87. The third-order valence-corrected chi connectivity index (χ3v) is 5.81. The molecule has 1 aliphatic heterocycles. The molecule has 0 saturated carbocycles. The van der Waals surface area contributed by atoms with Crippen LogP contribution in [0.2, 0.25) is 5.02 Å². The van der Waals surface area contributed by atoms with Crippen LogP contribution in [-0.2, 0) is 14.8 Å². The number of anilines is 1. The molecule has 26 heavy (non-hydrogen) atoms. The molecule has 2 aromatic carbocycles. The minimum absolute atomic E-state index is 0.152. The van der Waals surface area contributed by atoms with E-state index >= 15 is 0 Å². The van der Waals surface area contributed by atoms with Gasteiger partial charge in [-0.25, -0.2) is 8.42 Å². The van der Waals surface area contributed by atoms with Crippen molar-refractivity contribution >= 4 is 33.2 Å². The highest BCUT2D eigenvalue weighted by atomic mass is 35.5. The zero-order valence-electron chi connectivity index (χ0n) is 14.2. The monoisotopic (exact) mass is 394 g/mol. The van der Waals surface area contributed by atoms with Crippen LogP contribution in [0.3, 0.4) is 0 Å². The Labute approximate surface area is 157 Å². The van der Waals surface area contributed by atoms with Gasteiger partial charge in [0.2, 0.25) is 0 Å². The van der Waals surface area contributed by atoms with Crippen molar-refractivity contribution < 1.29 is 17.9 Å². The van der Waals surface area contributed by atoms with Gasteiger partial charge in [0.1, 0.15) is 0 Å². The van der Waals surface area contributed by atoms with Crippen LogP contribution < -0.4 is 4.72 Å². The number of sulfonamides is 1. The van der Waals surface area contributed by atoms with Crippen LogP contribution in [0.1, 0.15) is 15.9 Å². The van der Waals surface area contributed by atoms with Crippen molar-refractivity contribution in [1.29, 1.82) is 0 Å². The van der Waals surface area contributed by atoms with Gasteiger partial charge in [0.15, 0.2) is 0 Å². The number of nitrogens with one attached hydrogen (secondary N) is 1. The van der Waals surface area contributed by atoms with E-state index in [4.69, 9.17) is 16.3 Å². The third kappa shape index (κ3) is 4.17. The number of carbonyl (C=O) groups excluding carboxylic acids is 1. The van der Waals surface area contributed by atoms with E-state index in [1.165, 1.54) is 30.3 Å². The Morgan fingerprint density at radius 1 is 1.12 bits per heavy atom. The fourth-order valence-electron chi connectivity index (χ4n) is 2.62. The van der Waals surface area contributed by atoms with Crippen molar-refractivity contribution in [3.8, 4) is 0 Å². The summed E-state index contributed by atoms with van der Waals surface area (Å²) in [4.78, 5) is 14.4. The molecule has 0 radical (unpaired) electrons. The van der Waals surface area contributed by atoms with Crippen LogP contribution in [-0.4, -0.2) is 45.5 Å². The summed E-state index contributed by atoms with van der Waals surface area (Å²) in [5.74, 6) is -0.241. The lowest BCUT2D eigenvalue weighted by Gasteiger charge is -2.27. The summed E-state index contributed by atoms with van der Waals surface area (Å²) in [5.41, 5.74) is 1.51. The first-order chi connectivity index (χ1) is 12.4. The van der Waals surface area contributed by atoms with Crippen LogP contribution in [0.15, 0.2) is 47.4 Å². The van der Waals surface area contributed by atoms with Gasteiger partial charge in [0.05, 0.1) is 28.7 Å². The Balaban J connectivity index is 1.85. The van der Waals surface area contributed by atoms with E-state index in [0.717, 1.165) is 5.56 Å². The molecule has 138 valence electrons. The van der Waals surface area contributed by atoms with Gasteiger partial charge in [0, 0.05) is 18.8 Å². The van der Waals surface area contributed by atoms with Crippen molar-refractivity contribution in [3.63, 3.8) is 0 Å². The van der Waals surface area contributed by atoms with E-state index in [2.05, 4.69) is 4.72 Å². The Morgan fingerprint density at radius 3 is 2.42 bits per heavy atom. The third-order valence-electron chi connectivity index (χ3n) is 4.08. The van der Waals surface area contributed by atoms with E-state index in [9.17, 15) is 13.2 Å². The van der Waals surface area contributed by atoms with Crippen LogP contribution in [0.4, 0.5) is 5.69 Å². The SMILES string of the molecule is Cc1ccc(S(=O)(=O)Nc2ccc(Cl)c(C(=O)N3CCOCC3)c2)cc1. The van der Waals surface area contributed by atoms with Crippen LogP contribution in [0.5, 0.6) is 0 Å². The van der Waals surface area contributed by atoms with Gasteiger partial charge >= 0.3 is 0 Å². The van der Waals surface area contributed by atoms with Gasteiger partial charge in [-0.05, 0) is 37.3 Å². The van der Waals surface area contributed by atoms with Gasteiger partial charge in [-0.1, -0.05) is 29.3 Å². The van der Waals surface area contributed by atoms with E-state index in [1.807, 2.05) is 6.92 Å². The Morgan fingerprint density at radius 2 is 1.77 bits per heavy atom. The van der Waals surface area contributed by atoms with Crippen LogP contribution in [0.25, 0.3) is 0 Å². The highest BCUT2D eigenvalue weighted by Crippen LogP contribution is 2.24. The molecule has 8 heteroatoms. The second kappa shape index (κ2) is 7.65. The Kier molecular flexibility index (Phi) is 5.50. The second-order valence-electron chi connectivity index (χ2n) is 6.02. The number of halogens is 1. The molecule has 1 saturated heterocycles. The summed E-state index contributed by atoms with van der Waals surface area (Å²) in [5, 5.41) is 0.278. The average Bonchev–Trinajstić information content (AvgIpc) is 2.63. The first kappa shape index (κ1) is 18.7. The van der Waals surface area contributed by atoms with Crippen molar-refractivity contribution in [1.82, 2.24) is 4.90 Å². The number of benzene rings is 2. The van der Waals surface area contributed by atoms with E-state index in [0.29, 0.717) is 26.3 Å². The standard InChI is InChI=1S/C18H19ClN2O4S/c1-13-2-5-15(6-3-13)26(23,24)20-14-4-7-17(19)16(12-14)18(22)21-8-10-25-11-9-21/h2-7,12,20H,8-11H2,1H3. The van der Waals surface area contributed by atoms with Gasteiger partial charge < -0.3 is 9.64 Å². The summed E-state index contributed by atoms with van der Waals surface area (Å²) in [6, 6.07) is 11.0. The predicted molar refractivity (Wildman–Crippen MR) is 100 cm³/mol. The predicted octanol–water partition coefficient (Wildman–Crippen LogP) is 2.92. The Hall–Kier alpha value is -2.09. The molecule has 6 nitrogen and oxygen atoms in total. The van der Waals surface area contributed by atoms with Crippen molar-refractivity contribution in [3.05, 3.63) is 58.6 Å². The minimum atomic E-state index is -3.75. The maximum absolute atomic E-state index is 12.7. The highest BCUT2D eigenvalue weighted by Gasteiger charge is 2.22. The molecular weight excluding hydrogens is 376 g/mol. The quantitative estimate of drug-likeness (QED) is 0.865. The molecule has 1 heterocycles. The zero-order chi connectivity index (χ0) is 18.7. The molecular formula is C18H19ClN2O4S. The summed E-state index contributed by atoms with van der Waals surface area (Å²) in [7, 11) is -3.75. The topological polar surface area (TPSA) is 75.7 Å². The molecule has 0 aromatic heterocycles. The molecule has 0 bridgehead atoms. The van der Waals surface area contributed by atoms with Crippen LogP contribution in [0, 0.1) is 6.92 Å². The first-order valence-electron chi connectivity index (χ1n) is 8.13. The van der Waals surface area contributed by atoms with Crippen molar-refractivity contribution in [2.45, 2.75) is 11.8 Å². The van der Waals surface area contributed by atoms with Gasteiger partial charge in [-0.15, -0.1) is 0 Å². The zero-order valence-corrected chi connectivity index (χ0v) is 15.8. The lowest BCUT2D eigenvalue weighted by molar-refractivity contribution is 0.0303. The minimum Gasteiger partial charge on any atom is -0.378 e. The number of nitrogens with zero attached hydrogens (tertiary/aromatic N) is 1. The summed E-state index contributed by atoms with van der Waals surface area (Å²) in [6.07, 6.45) is 0. The summed E-state index contributed by atoms with van der Waals surface area (Å²) in [6.45, 7) is 3.79. The number of rotatable bonds is 4. The smallest absolute Gasteiger partial charge is 0.261 e. The largest absolute Gasteiger partial charge is 0.378 e. The molecule has 0 atom stereocenters. The molecule has 1 aliphatic rings. The Bertz CT molecular complexity index is 907. The van der Waals surface area contributed by atoms with E-state index in [-0.39, 0.29) is 27.1 Å². The molecule has 0 aliphatic carbocycles. The lowest BCUT2D eigenvalue weighted by atomic mass is 10.1. The maximum Gasteiger partial charge on any atom is 0.261 e. The number of carbonyl (C=O) groups is 1.